The van der Waals surface area contributed by atoms with E-state index in [1.54, 1.807) is 11.8 Å². The van der Waals surface area contributed by atoms with Gasteiger partial charge in [0.05, 0.1) is 27.2 Å². The highest BCUT2D eigenvalue weighted by molar-refractivity contribution is 7.14. The van der Waals surface area contributed by atoms with Crippen LogP contribution in [0.2, 0.25) is 0 Å². The summed E-state index contributed by atoms with van der Waals surface area (Å²) in [6, 6.07) is 13.2. The predicted octanol–water partition coefficient (Wildman–Crippen LogP) is 4.83. The number of nitrogens with zero attached hydrogens (tertiary/aromatic N) is 3. The maximum atomic E-state index is 13.7. The van der Waals surface area contributed by atoms with Gasteiger partial charge in [0.2, 0.25) is 5.78 Å². The molecule has 1 aromatic heterocycles. The van der Waals surface area contributed by atoms with Gasteiger partial charge in [0, 0.05) is 13.1 Å². The lowest BCUT2D eigenvalue weighted by molar-refractivity contribution is -0.129. The second kappa shape index (κ2) is 9.45. The Morgan fingerprint density at radius 3 is 2.48 bits per heavy atom. The summed E-state index contributed by atoms with van der Waals surface area (Å²) in [5.41, 5.74) is 1.60. The molecule has 1 amide bonds. The Morgan fingerprint density at radius 1 is 1.12 bits per heavy atom. The summed E-state index contributed by atoms with van der Waals surface area (Å²) in [5.74, 6) is -1.28. The Morgan fingerprint density at radius 2 is 1.82 bits per heavy atom. The number of hydrogen-bond acceptors (Lipinski definition) is 6. The first-order chi connectivity index (χ1) is 15.9. The zero-order chi connectivity index (χ0) is 23.7. The third-order valence-electron chi connectivity index (χ3n) is 6.33. The second-order valence-electron chi connectivity index (χ2n) is 8.24. The van der Waals surface area contributed by atoms with Crippen LogP contribution in [0.25, 0.3) is 10.8 Å². The van der Waals surface area contributed by atoms with Gasteiger partial charge in [-0.15, -0.1) is 11.3 Å². The third-order valence-corrected chi connectivity index (χ3v) is 7.40. The molecule has 1 unspecified atom stereocenters. The molecular formula is C26H29N3O3S. The summed E-state index contributed by atoms with van der Waals surface area (Å²) < 4.78 is 0. The largest absolute Gasteiger partial charge is 0.503 e. The zero-order valence-corrected chi connectivity index (χ0v) is 20.3. The smallest absolute Gasteiger partial charge is 0.290 e. The molecule has 0 aliphatic carbocycles. The molecule has 33 heavy (non-hydrogen) atoms. The Bertz CT molecular complexity index is 1240. The van der Waals surface area contributed by atoms with E-state index in [0.717, 1.165) is 34.4 Å². The fraction of sp³-hybridized carbons (Fsp3) is 0.346. The number of carbonyl (C=O) groups is 2. The topological polar surface area (TPSA) is 73.7 Å². The Kier molecular flexibility index (Phi) is 6.63. The summed E-state index contributed by atoms with van der Waals surface area (Å²) in [4.78, 5) is 35.7. The van der Waals surface area contributed by atoms with Crippen LogP contribution in [0.1, 0.15) is 45.8 Å². The molecule has 0 radical (unpaired) electrons. The lowest BCUT2D eigenvalue weighted by Crippen LogP contribution is -2.38. The average molecular weight is 464 g/mol. The second-order valence-corrected chi connectivity index (χ2v) is 9.44. The number of benzene rings is 2. The highest BCUT2D eigenvalue weighted by Gasteiger charge is 2.44. The van der Waals surface area contributed by atoms with Gasteiger partial charge >= 0.3 is 0 Å². The van der Waals surface area contributed by atoms with E-state index in [1.165, 1.54) is 11.3 Å². The van der Waals surface area contributed by atoms with Crippen molar-refractivity contribution in [3.63, 3.8) is 0 Å². The molecule has 4 rings (SSSR count). The average Bonchev–Trinajstić information content (AvgIpc) is 3.29. The van der Waals surface area contributed by atoms with Crippen LogP contribution in [0.15, 0.2) is 53.8 Å². The van der Waals surface area contributed by atoms with Crippen LogP contribution in [0.3, 0.4) is 0 Å². The normalized spacial score (nSPS) is 16.5. The van der Waals surface area contributed by atoms with Crippen molar-refractivity contribution in [1.29, 1.82) is 0 Å². The Hall–Kier alpha value is -3.03. The Balaban J connectivity index is 1.85. The van der Waals surface area contributed by atoms with Gasteiger partial charge in [0.15, 0.2) is 5.76 Å². The molecule has 0 saturated carbocycles. The van der Waals surface area contributed by atoms with Crippen molar-refractivity contribution in [1.82, 2.24) is 14.8 Å². The van der Waals surface area contributed by atoms with Gasteiger partial charge < -0.3 is 14.9 Å². The van der Waals surface area contributed by atoms with E-state index in [2.05, 4.69) is 23.7 Å². The molecule has 0 bridgehead atoms. The van der Waals surface area contributed by atoms with Crippen LogP contribution in [-0.4, -0.2) is 57.8 Å². The van der Waals surface area contributed by atoms with Gasteiger partial charge in [-0.3, -0.25) is 9.59 Å². The molecule has 1 aliphatic heterocycles. The number of likely N-dealkylation sites (N-methyl/N-ethyl adjacent to an activating group) is 1. The van der Waals surface area contributed by atoms with Crippen LogP contribution in [0, 0.1) is 13.8 Å². The van der Waals surface area contributed by atoms with Crippen molar-refractivity contribution in [3.05, 3.63) is 74.9 Å². The molecule has 0 saturated heterocycles. The maximum Gasteiger partial charge on any atom is 0.290 e. The van der Waals surface area contributed by atoms with Crippen molar-refractivity contribution in [3.8, 4) is 0 Å². The molecule has 2 heterocycles. The highest BCUT2D eigenvalue weighted by atomic mass is 32.1. The number of rotatable bonds is 8. The molecule has 1 atom stereocenters. The molecule has 1 N–H and O–H groups in total. The Labute approximate surface area is 198 Å². The van der Waals surface area contributed by atoms with E-state index in [4.69, 9.17) is 0 Å². The molecule has 0 fully saturated rings. The van der Waals surface area contributed by atoms with Gasteiger partial charge in [0.25, 0.3) is 5.91 Å². The summed E-state index contributed by atoms with van der Waals surface area (Å²) in [6.45, 7) is 10.6. The standard InChI is InChI=1S/C26H29N3O3S/c1-5-28(6-2)14-15-29-22(20-13-9-11-18-10-7-8-12-19(18)20)21(24(31)26(29)32)23(30)25-16(3)27-17(4)33-25/h7-13,22,31H,5-6,14-15H2,1-4H3. The van der Waals surface area contributed by atoms with Crippen molar-refractivity contribution in [2.75, 3.05) is 26.2 Å². The van der Waals surface area contributed by atoms with Crippen LogP contribution in [0.5, 0.6) is 0 Å². The molecule has 7 heteroatoms. The molecule has 6 nitrogen and oxygen atoms in total. The molecular weight excluding hydrogens is 434 g/mol. The number of aliphatic hydroxyl groups excluding tert-OH is 1. The zero-order valence-electron chi connectivity index (χ0n) is 19.5. The fourth-order valence-electron chi connectivity index (χ4n) is 4.58. The highest BCUT2D eigenvalue weighted by Crippen LogP contribution is 2.42. The predicted molar refractivity (Wildman–Crippen MR) is 132 cm³/mol. The number of ketones is 1. The molecule has 1 aliphatic rings. The van der Waals surface area contributed by atoms with Gasteiger partial charge in [-0.2, -0.15) is 0 Å². The molecule has 3 aromatic rings. The van der Waals surface area contributed by atoms with Gasteiger partial charge in [-0.25, -0.2) is 4.98 Å². The summed E-state index contributed by atoms with van der Waals surface area (Å²) in [5, 5.41) is 13.7. The summed E-state index contributed by atoms with van der Waals surface area (Å²) in [7, 11) is 0. The fourth-order valence-corrected chi connectivity index (χ4v) is 5.46. The molecule has 0 spiro atoms. The van der Waals surface area contributed by atoms with E-state index >= 15 is 0 Å². The van der Waals surface area contributed by atoms with E-state index in [1.807, 2.05) is 49.4 Å². The minimum atomic E-state index is -0.659. The van der Waals surface area contributed by atoms with E-state index < -0.39 is 17.7 Å². The number of aliphatic hydroxyl groups is 1. The van der Waals surface area contributed by atoms with E-state index in [0.29, 0.717) is 23.7 Å². The van der Waals surface area contributed by atoms with E-state index in [9.17, 15) is 14.7 Å². The first-order valence-corrected chi connectivity index (χ1v) is 12.1. The minimum Gasteiger partial charge on any atom is -0.503 e. The first kappa shape index (κ1) is 23.1. The van der Waals surface area contributed by atoms with Crippen LogP contribution in [-0.2, 0) is 4.79 Å². The summed E-state index contributed by atoms with van der Waals surface area (Å²) >= 11 is 1.30. The maximum absolute atomic E-state index is 13.7. The van der Waals surface area contributed by atoms with Crippen molar-refractivity contribution >= 4 is 33.8 Å². The lowest BCUT2D eigenvalue weighted by Gasteiger charge is -2.30. The number of fused-ring (bicyclic) bond motifs is 1. The molecule has 2 aromatic carbocycles. The SMILES string of the molecule is CCN(CC)CCN1C(=O)C(O)=C(C(=O)c2sc(C)nc2C)C1c1cccc2ccccc12. The van der Waals surface area contributed by atoms with Crippen LogP contribution in [0.4, 0.5) is 0 Å². The first-order valence-electron chi connectivity index (χ1n) is 11.3. The van der Waals surface area contributed by atoms with Gasteiger partial charge in [0.1, 0.15) is 0 Å². The third kappa shape index (κ3) is 4.18. The number of thiazole rings is 1. The van der Waals surface area contributed by atoms with Gasteiger partial charge in [-0.05, 0) is 43.3 Å². The molecule has 172 valence electrons. The summed E-state index contributed by atoms with van der Waals surface area (Å²) in [6.07, 6.45) is 0. The quantitative estimate of drug-likeness (QED) is 0.484. The number of hydrogen-bond donors (Lipinski definition) is 1. The van der Waals surface area contributed by atoms with Gasteiger partial charge in [-0.1, -0.05) is 56.3 Å². The number of Topliss-reactive ketones (excluding diaryl/α,β-unsaturated/α-hetero) is 1. The van der Waals surface area contributed by atoms with Crippen molar-refractivity contribution in [2.45, 2.75) is 33.7 Å². The number of aromatic nitrogens is 1. The van der Waals surface area contributed by atoms with Crippen LogP contribution < -0.4 is 0 Å². The van der Waals surface area contributed by atoms with Crippen LogP contribution >= 0.6 is 11.3 Å². The number of amides is 1. The minimum absolute atomic E-state index is 0.141. The van der Waals surface area contributed by atoms with E-state index in [-0.39, 0.29) is 11.4 Å². The lowest BCUT2D eigenvalue weighted by atomic mass is 9.91. The number of aryl methyl sites for hydroxylation is 2. The van der Waals surface area contributed by atoms with Crippen molar-refractivity contribution in [2.24, 2.45) is 0 Å². The number of carbonyl (C=O) groups excluding carboxylic acids is 2. The monoisotopic (exact) mass is 463 g/mol. The van der Waals surface area contributed by atoms with Crippen molar-refractivity contribution < 1.29 is 14.7 Å².